The Morgan fingerprint density at radius 1 is 1.42 bits per heavy atom. The highest BCUT2D eigenvalue weighted by Gasteiger charge is 2.21. The fraction of sp³-hybridized carbons (Fsp3) is 0.353. The summed E-state index contributed by atoms with van der Waals surface area (Å²) in [5, 5.41) is 7.87. The Labute approximate surface area is 138 Å². The standard InChI is InChI=1S/C17H19N5O2/c1-21-7-6-11(10-21)9-18-17(24)13-8-15-19-16(23)12-4-2-3-5-14(12)22(15)20-13/h2-5,8,11H,6-7,9-10H2,1H3,(H,18,24)(H,19,23). The number of hydrogen-bond acceptors (Lipinski definition) is 4. The van der Waals surface area contributed by atoms with E-state index in [1.54, 1.807) is 22.7 Å². The molecule has 3 aromatic rings. The molecule has 3 heterocycles. The summed E-state index contributed by atoms with van der Waals surface area (Å²) in [6.45, 7) is 2.72. The quantitative estimate of drug-likeness (QED) is 0.748. The number of benzene rings is 1. The van der Waals surface area contributed by atoms with Gasteiger partial charge in [0.2, 0.25) is 0 Å². The second kappa shape index (κ2) is 5.76. The van der Waals surface area contributed by atoms with Crippen LogP contribution >= 0.6 is 0 Å². The molecule has 1 aromatic carbocycles. The van der Waals surface area contributed by atoms with Crippen LogP contribution in [0.2, 0.25) is 0 Å². The summed E-state index contributed by atoms with van der Waals surface area (Å²) in [6.07, 6.45) is 1.10. The van der Waals surface area contributed by atoms with E-state index in [9.17, 15) is 9.59 Å². The lowest BCUT2D eigenvalue weighted by Crippen LogP contribution is -2.30. The van der Waals surface area contributed by atoms with Crippen molar-refractivity contribution >= 4 is 22.5 Å². The summed E-state index contributed by atoms with van der Waals surface area (Å²) in [6, 6.07) is 8.83. The molecule has 1 amide bonds. The average Bonchev–Trinajstić information content (AvgIpc) is 3.19. The molecule has 1 aliphatic rings. The van der Waals surface area contributed by atoms with Gasteiger partial charge in [-0.05, 0) is 38.1 Å². The molecule has 0 aliphatic carbocycles. The number of para-hydroxylation sites is 1. The summed E-state index contributed by atoms with van der Waals surface area (Å²) in [4.78, 5) is 29.5. The van der Waals surface area contributed by atoms with Gasteiger partial charge < -0.3 is 15.2 Å². The highest BCUT2D eigenvalue weighted by Crippen LogP contribution is 2.14. The first kappa shape index (κ1) is 14.9. The van der Waals surface area contributed by atoms with E-state index in [2.05, 4.69) is 27.3 Å². The molecule has 2 aromatic heterocycles. The van der Waals surface area contributed by atoms with Crippen LogP contribution in [0, 0.1) is 5.92 Å². The van der Waals surface area contributed by atoms with Gasteiger partial charge in [-0.15, -0.1) is 0 Å². The van der Waals surface area contributed by atoms with Gasteiger partial charge in [-0.1, -0.05) is 12.1 Å². The minimum absolute atomic E-state index is 0.182. The summed E-state index contributed by atoms with van der Waals surface area (Å²) < 4.78 is 1.61. The van der Waals surface area contributed by atoms with Crippen LogP contribution in [0.4, 0.5) is 0 Å². The zero-order valence-corrected chi connectivity index (χ0v) is 13.5. The Hall–Kier alpha value is -2.67. The van der Waals surface area contributed by atoms with E-state index in [-0.39, 0.29) is 11.5 Å². The predicted molar refractivity (Wildman–Crippen MR) is 91.3 cm³/mol. The van der Waals surface area contributed by atoms with Gasteiger partial charge in [0, 0.05) is 19.2 Å². The van der Waals surface area contributed by atoms with E-state index < -0.39 is 0 Å². The highest BCUT2D eigenvalue weighted by atomic mass is 16.2. The van der Waals surface area contributed by atoms with Gasteiger partial charge in [-0.25, -0.2) is 4.52 Å². The molecule has 1 aliphatic heterocycles. The number of likely N-dealkylation sites (tertiary alicyclic amines) is 1. The van der Waals surface area contributed by atoms with Gasteiger partial charge in [-0.3, -0.25) is 9.59 Å². The third-order valence-corrected chi connectivity index (χ3v) is 4.60. The number of fused-ring (bicyclic) bond motifs is 3. The van der Waals surface area contributed by atoms with Gasteiger partial charge in [-0.2, -0.15) is 5.10 Å². The summed E-state index contributed by atoms with van der Waals surface area (Å²) in [7, 11) is 2.09. The summed E-state index contributed by atoms with van der Waals surface area (Å²) in [5.41, 5.74) is 1.34. The fourth-order valence-electron chi connectivity index (χ4n) is 3.32. The van der Waals surface area contributed by atoms with Crippen molar-refractivity contribution in [3.63, 3.8) is 0 Å². The van der Waals surface area contributed by atoms with E-state index in [1.807, 2.05) is 12.1 Å². The Kier molecular flexibility index (Phi) is 3.57. The second-order valence-corrected chi connectivity index (χ2v) is 6.42. The highest BCUT2D eigenvalue weighted by molar-refractivity contribution is 5.94. The maximum atomic E-state index is 12.4. The first-order chi connectivity index (χ1) is 11.6. The molecule has 1 atom stereocenters. The summed E-state index contributed by atoms with van der Waals surface area (Å²) in [5.74, 6) is 0.273. The van der Waals surface area contributed by atoms with Gasteiger partial charge in [0.1, 0.15) is 5.65 Å². The number of amides is 1. The average molecular weight is 325 g/mol. The lowest BCUT2D eigenvalue weighted by atomic mass is 10.1. The number of rotatable bonds is 3. The Morgan fingerprint density at radius 3 is 3.04 bits per heavy atom. The normalized spacial score (nSPS) is 18.5. The smallest absolute Gasteiger partial charge is 0.271 e. The van der Waals surface area contributed by atoms with Crippen LogP contribution < -0.4 is 10.9 Å². The van der Waals surface area contributed by atoms with Crippen molar-refractivity contribution in [2.45, 2.75) is 6.42 Å². The number of carbonyl (C=O) groups excluding carboxylic acids is 1. The maximum absolute atomic E-state index is 12.4. The van der Waals surface area contributed by atoms with Crippen LogP contribution in [0.5, 0.6) is 0 Å². The molecule has 1 unspecified atom stereocenters. The third kappa shape index (κ3) is 2.56. The molecule has 0 radical (unpaired) electrons. The lowest BCUT2D eigenvalue weighted by Gasteiger charge is -2.10. The molecule has 7 heteroatoms. The van der Waals surface area contributed by atoms with Crippen molar-refractivity contribution in [3.8, 4) is 0 Å². The summed E-state index contributed by atoms with van der Waals surface area (Å²) >= 11 is 0. The lowest BCUT2D eigenvalue weighted by molar-refractivity contribution is 0.0942. The van der Waals surface area contributed by atoms with Crippen LogP contribution in [-0.2, 0) is 0 Å². The fourth-order valence-corrected chi connectivity index (χ4v) is 3.32. The number of aromatic nitrogens is 3. The van der Waals surface area contributed by atoms with Crippen molar-refractivity contribution in [3.05, 3.63) is 46.4 Å². The van der Waals surface area contributed by atoms with Gasteiger partial charge in [0.25, 0.3) is 11.5 Å². The largest absolute Gasteiger partial charge is 0.350 e. The molecule has 0 spiro atoms. The zero-order valence-electron chi connectivity index (χ0n) is 13.5. The first-order valence-electron chi connectivity index (χ1n) is 8.09. The molecular weight excluding hydrogens is 306 g/mol. The molecule has 2 N–H and O–H groups in total. The van der Waals surface area contributed by atoms with Crippen LogP contribution in [0.3, 0.4) is 0 Å². The molecule has 4 rings (SSSR count). The molecule has 0 saturated carbocycles. The second-order valence-electron chi connectivity index (χ2n) is 6.42. The number of hydrogen-bond donors (Lipinski definition) is 2. The molecule has 1 saturated heterocycles. The maximum Gasteiger partial charge on any atom is 0.271 e. The Morgan fingerprint density at radius 2 is 2.25 bits per heavy atom. The minimum atomic E-state index is -0.210. The predicted octanol–water partition coefficient (Wildman–Crippen LogP) is 0.857. The van der Waals surface area contributed by atoms with E-state index in [0.29, 0.717) is 34.7 Å². The minimum Gasteiger partial charge on any atom is -0.350 e. The number of nitrogens with zero attached hydrogens (tertiary/aromatic N) is 3. The topological polar surface area (TPSA) is 82.5 Å². The molecule has 124 valence electrons. The number of H-pyrrole nitrogens is 1. The van der Waals surface area contributed by atoms with Crippen molar-refractivity contribution in [1.29, 1.82) is 0 Å². The number of carbonyl (C=O) groups is 1. The molecule has 0 bridgehead atoms. The third-order valence-electron chi connectivity index (χ3n) is 4.60. The molecule has 1 fully saturated rings. The molecule has 24 heavy (non-hydrogen) atoms. The SMILES string of the molecule is CN1CCC(CNC(=O)c2cc3[nH]c(=O)c4ccccc4n3n2)C1. The van der Waals surface area contributed by atoms with E-state index >= 15 is 0 Å². The van der Waals surface area contributed by atoms with Crippen molar-refractivity contribution < 1.29 is 4.79 Å². The molecular formula is C17H19N5O2. The number of aromatic amines is 1. The van der Waals surface area contributed by atoms with Gasteiger partial charge in [0.15, 0.2) is 5.69 Å². The van der Waals surface area contributed by atoms with Gasteiger partial charge in [0.05, 0.1) is 10.9 Å². The van der Waals surface area contributed by atoms with E-state index in [0.717, 1.165) is 19.5 Å². The first-order valence-corrected chi connectivity index (χ1v) is 8.09. The van der Waals surface area contributed by atoms with Gasteiger partial charge >= 0.3 is 0 Å². The zero-order chi connectivity index (χ0) is 16.7. The van der Waals surface area contributed by atoms with Crippen LogP contribution in [-0.4, -0.2) is 52.1 Å². The van der Waals surface area contributed by atoms with Crippen molar-refractivity contribution in [2.24, 2.45) is 5.92 Å². The van der Waals surface area contributed by atoms with Crippen LogP contribution in [0.25, 0.3) is 16.6 Å². The monoisotopic (exact) mass is 325 g/mol. The van der Waals surface area contributed by atoms with E-state index in [1.165, 1.54) is 0 Å². The van der Waals surface area contributed by atoms with Crippen LogP contribution in [0.15, 0.2) is 35.1 Å². The molecule has 7 nitrogen and oxygen atoms in total. The number of nitrogens with one attached hydrogen (secondary N) is 2. The van der Waals surface area contributed by atoms with Crippen molar-refractivity contribution in [2.75, 3.05) is 26.7 Å². The van der Waals surface area contributed by atoms with E-state index in [4.69, 9.17) is 0 Å². The Bertz CT molecular complexity index is 974. The van der Waals surface area contributed by atoms with Crippen molar-refractivity contribution in [1.82, 2.24) is 24.8 Å². The van der Waals surface area contributed by atoms with Crippen LogP contribution in [0.1, 0.15) is 16.9 Å². The Balaban J connectivity index is 1.61.